The number of aliphatic hydroxyl groups is 4. The van der Waals surface area contributed by atoms with Gasteiger partial charge < -0.3 is 25.7 Å². The molecule has 1 amide bonds. The highest BCUT2D eigenvalue weighted by Crippen LogP contribution is 2.15. The minimum absolute atomic E-state index is 0.351. The highest BCUT2D eigenvalue weighted by molar-refractivity contribution is 5.80. The van der Waals surface area contributed by atoms with Crippen molar-refractivity contribution in [1.29, 1.82) is 0 Å². The minimum Gasteiger partial charge on any atom is -0.394 e. The molecule has 346 valence electrons. The number of carbonyl (C=O) groups is 1. The Hall–Kier alpha value is -1.73. The summed E-state index contributed by atoms with van der Waals surface area (Å²) in [5.41, 5.74) is 0. The maximum absolute atomic E-state index is 12.6. The third-order valence-corrected chi connectivity index (χ3v) is 11.7. The highest BCUT2D eigenvalue weighted by Gasteiger charge is 2.28. The zero-order chi connectivity index (χ0) is 43.1. The Morgan fingerprint density at radius 3 is 1.07 bits per heavy atom. The van der Waals surface area contributed by atoms with Crippen LogP contribution in [-0.4, -0.2) is 57.3 Å². The van der Waals surface area contributed by atoms with Crippen LogP contribution in [0.2, 0.25) is 0 Å². The summed E-state index contributed by atoms with van der Waals surface area (Å²) in [4.78, 5) is 12.6. The number of carbonyl (C=O) groups excluding carboxylic acids is 1. The molecule has 0 fully saturated rings. The van der Waals surface area contributed by atoms with Gasteiger partial charge in [0.25, 0.3) is 0 Å². The smallest absolute Gasteiger partial charge is 0.249 e. The number of unbranched alkanes of at least 4 members (excludes halogenated alkanes) is 29. The molecule has 0 rings (SSSR count). The average molecular weight is 830 g/mol. The molecular formula is C53H99NO5. The first-order chi connectivity index (χ1) is 29.0. The number of nitrogens with one attached hydrogen (secondary N) is 1. The van der Waals surface area contributed by atoms with Crippen LogP contribution in [0.5, 0.6) is 0 Å². The molecule has 0 aromatic heterocycles. The van der Waals surface area contributed by atoms with Gasteiger partial charge in [0.05, 0.1) is 18.8 Å². The van der Waals surface area contributed by atoms with Gasteiger partial charge in [-0.05, 0) is 89.9 Å². The molecule has 0 aliphatic carbocycles. The van der Waals surface area contributed by atoms with Crippen molar-refractivity contribution in [1.82, 2.24) is 5.32 Å². The van der Waals surface area contributed by atoms with E-state index in [1.54, 1.807) is 0 Å². The molecule has 0 aromatic carbocycles. The Kier molecular flexibility index (Phi) is 45.9. The Morgan fingerprint density at radius 1 is 0.407 bits per heavy atom. The molecule has 0 heterocycles. The molecule has 0 radical (unpaired) electrons. The fourth-order valence-electron chi connectivity index (χ4n) is 7.67. The maximum Gasteiger partial charge on any atom is 0.249 e. The summed E-state index contributed by atoms with van der Waals surface area (Å²) < 4.78 is 0. The average Bonchev–Trinajstić information content (AvgIpc) is 3.24. The number of hydrogen-bond acceptors (Lipinski definition) is 5. The molecule has 6 heteroatoms. The van der Waals surface area contributed by atoms with E-state index in [9.17, 15) is 25.2 Å². The van der Waals surface area contributed by atoms with Crippen molar-refractivity contribution in [3.05, 3.63) is 48.6 Å². The zero-order valence-corrected chi connectivity index (χ0v) is 39.0. The van der Waals surface area contributed by atoms with Crippen LogP contribution in [0, 0.1) is 0 Å². The topological polar surface area (TPSA) is 110 Å². The third-order valence-electron chi connectivity index (χ3n) is 11.7. The van der Waals surface area contributed by atoms with Gasteiger partial charge in [0, 0.05) is 0 Å². The van der Waals surface area contributed by atoms with E-state index in [1.807, 2.05) is 0 Å². The number of allylic oxidation sites excluding steroid dienone is 8. The van der Waals surface area contributed by atoms with Crippen molar-refractivity contribution in [2.45, 2.75) is 276 Å². The molecule has 6 nitrogen and oxygen atoms in total. The van der Waals surface area contributed by atoms with E-state index < -0.39 is 36.9 Å². The molecule has 0 spiro atoms. The van der Waals surface area contributed by atoms with E-state index in [0.29, 0.717) is 19.3 Å². The Labute approximate surface area is 366 Å². The van der Waals surface area contributed by atoms with Crippen LogP contribution in [-0.2, 0) is 4.79 Å². The summed E-state index contributed by atoms with van der Waals surface area (Å²) in [5.74, 6) is -0.604. The van der Waals surface area contributed by atoms with Gasteiger partial charge >= 0.3 is 0 Å². The van der Waals surface area contributed by atoms with Crippen LogP contribution in [0.4, 0.5) is 0 Å². The quantitative estimate of drug-likeness (QED) is 0.0310. The van der Waals surface area contributed by atoms with Crippen LogP contribution in [0.1, 0.15) is 251 Å². The van der Waals surface area contributed by atoms with Gasteiger partial charge in [-0.3, -0.25) is 4.79 Å². The van der Waals surface area contributed by atoms with Crippen molar-refractivity contribution >= 4 is 5.91 Å². The van der Waals surface area contributed by atoms with Crippen LogP contribution < -0.4 is 5.32 Å². The van der Waals surface area contributed by atoms with Crippen LogP contribution in [0.25, 0.3) is 0 Å². The van der Waals surface area contributed by atoms with Crippen molar-refractivity contribution in [3.63, 3.8) is 0 Å². The molecule has 4 unspecified atom stereocenters. The third kappa shape index (κ3) is 41.4. The molecule has 0 aliphatic rings. The SMILES string of the molecule is CCCCCCCCCCC/C=C/CC/C=C/CC/C=C/CCCC(O)C(O)C(CO)NC(=O)C(O)CCCCCCCC/C=C\CCCCCCCCCCCCC. The zero-order valence-electron chi connectivity index (χ0n) is 39.0. The van der Waals surface area contributed by atoms with Crippen molar-refractivity contribution < 1.29 is 25.2 Å². The lowest BCUT2D eigenvalue weighted by molar-refractivity contribution is -0.132. The first kappa shape index (κ1) is 57.3. The second-order valence-electron chi connectivity index (χ2n) is 17.5. The van der Waals surface area contributed by atoms with Crippen LogP contribution in [0.15, 0.2) is 48.6 Å². The van der Waals surface area contributed by atoms with Gasteiger partial charge in [-0.15, -0.1) is 0 Å². The normalized spacial score (nSPS) is 14.3. The lowest BCUT2D eigenvalue weighted by Crippen LogP contribution is -2.53. The molecule has 4 atom stereocenters. The second kappa shape index (κ2) is 47.3. The molecule has 0 aliphatic heterocycles. The fourth-order valence-corrected chi connectivity index (χ4v) is 7.67. The number of hydrogen-bond donors (Lipinski definition) is 5. The lowest BCUT2D eigenvalue weighted by Gasteiger charge is -2.27. The second-order valence-corrected chi connectivity index (χ2v) is 17.5. The first-order valence-corrected chi connectivity index (χ1v) is 25.5. The summed E-state index contributed by atoms with van der Waals surface area (Å²) in [6, 6.07) is -1.02. The Morgan fingerprint density at radius 2 is 0.712 bits per heavy atom. The summed E-state index contributed by atoms with van der Waals surface area (Å²) in [6.45, 7) is 4.05. The lowest BCUT2D eigenvalue weighted by atomic mass is 10.00. The van der Waals surface area contributed by atoms with E-state index in [1.165, 1.54) is 154 Å². The van der Waals surface area contributed by atoms with Crippen molar-refractivity contribution in [2.75, 3.05) is 6.61 Å². The standard InChI is InChI=1S/C53H99NO5/c1-3-5-7-9-11-13-15-17-19-21-23-25-27-28-30-32-34-36-38-40-42-44-46-50(56)52(58)49(48-55)54-53(59)51(57)47-45-43-41-39-37-35-33-31-29-26-24-22-20-18-16-14-12-10-8-6-4-2/h23,25,29-32,38,40,49-52,55-58H,3-22,24,26-28,33-37,39,41-48H2,1-2H3,(H,54,59)/b25-23+,31-29-,32-30+,40-38+. The van der Waals surface area contributed by atoms with Crippen molar-refractivity contribution in [3.8, 4) is 0 Å². The maximum atomic E-state index is 12.6. The Balaban J connectivity index is 3.78. The summed E-state index contributed by atoms with van der Waals surface area (Å²) in [7, 11) is 0. The molecule has 59 heavy (non-hydrogen) atoms. The molecular weight excluding hydrogens is 731 g/mol. The number of amides is 1. The minimum atomic E-state index is -1.30. The van der Waals surface area contributed by atoms with Gasteiger partial charge in [0.15, 0.2) is 0 Å². The van der Waals surface area contributed by atoms with Crippen molar-refractivity contribution in [2.24, 2.45) is 0 Å². The van der Waals surface area contributed by atoms with Gasteiger partial charge in [0.2, 0.25) is 5.91 Å². The van der Waals surface area contributed by atoms with E-state index >= 15 is 0 Å². The number of aliphatic hydroxyl groups excluding tert-OH is 4. The molecule has 0 bridgehead atoms. The van der Waals surface area contributed by atoms with Crippen LogP contribution in [0.3, 0.4) is 0 Å². The van der Waals surface area contributed by atoms with Gasteiger partial charge in [0.1, 0.15) is 12.2 Å². The van der Waals surface area contributed by atoms with E-state index in [0.717, 1.165) is 64.2 Å². The molecule has 0 aromatic rings. The molecule has 0 saturated heterocycles. The fraction of sp³-hybridized carbons (Fsp3) is 0.830. The van der Waals surface area contributed by atoms with E-state index in [4.69, 9.17) is 0 Å². The predicted octanol–water partition coefficient (Wildman–Crippen LogP) is 14.2. The molecule has 0 saturated carbocycles. The summed E-state index contributed by atoms with van der Waals surface area (Å²) in [5, 5.41) is 43.8. The molecule has 5 N–H and O–H groups in total. The highest BCUT2D eigenvalue weighted by atomic mass is 16.3. The Bertz CT molecular complexity index is 977. The van der Waals surface area contributed by atoms with E-state index in [2.05, 4.69) is 67.8 Å². The van der Waals surface area contributed by atoms with Crippen LogP contribution >= 0.6 is 0 Å². The number of rotatable bonds is 46. The predicted molar refractivity (Wildman–Crippen MR) is 256 cm³/mol. The van der Waals surface area contributed by atoms with E-state index in [-0.39, 0.29) is 0 Å². The van der Waals surface area contributed by atoms with Gasteiger partial charge in [-0.2, -0.15) is 0 Å². The van der Waals surface area contributed by atoms with Gasteiger partial charge in [-0.1, -0.05) is 210 Å². The summed E-state index contributed by atoms with van der Waals surface area (Å²) >= 11 is 0. The van der Waals surface area contributed by atoms with Gasteiger partial charge in [-0.25, -0.2) is 0 Å². The monoisotopic (exact) mass is 830 g/mol. The summed E-state index contributed by atoms with van der Waals surface area (Å²) in [6.07, 6.45) is 58.7. The first-order valence-electron chi connectivity index (χ1n) is 25.5. The largest absolute Gasteiger partial charge is 0.394 e.